The van der Waals surface area contributed by atoms with Gasteiger partial charge in [0.15, 0.2) is 6.10 Å². The van der Waals surface area contributed by atoms with Gasteiger partial charge in [0.2, 0.25) is 0 Å². The van der Waals surface area contributed by atoms with E-state index >= 15 is 0 Å². The van der Waals surface area contributed by atoms with Crippen LogP contribution in [0.5, 0.6) is 0 Å². The minimum absolute atomic E-state index is 0.172. The van der Waals surface area contributed by atoms with Crippen LogP contribution in [0, 0.1) is 0 Å². The molecule has 0 spiro atoms. The van der Waals surface area contributed by atoms with E-state index in [-0.39, 0.29) is 6.42 Å². The fourth-order valence-corrected chi connectivity index (χ4v) is 3.64. The van der Waals surface area contributed by atoms with Gasteiger partial charge in [-0.15, -0.1) is 0 Å². The number of nitrogens with zero attached hydrogens (tertiary/aromatic N) is 1. The van der Waals surface area contributed by atoms with Crippen molar-refractivity contribution in [2.45, 2.75) is 29.2 Å². The first-order chi connectivity index (χ1) is 11.6. The van der Waals surface area contributed by atoms with Crippen LogP contribution in [-0.4, -0.2) is 24.5 Å². The molecule has 0 fully saturated rings. The van der Waals surface area contributed by atoms with E-state index in [2.05, 4.69) is 17.0 Å². The summed E-state index contributed by atoms with van der Waals surface area (Å²) < 4.78 is 5.03. The SMILES string of the molecule is C[C@H](OC(=O)CCN1c2ccccc2Sc2ccccc21)C(N)=O. The summed E-state index contributed by atoms with van der Waals surface area (Å²) in [6, 6.07) is 16.2. The number of para-hydroxylation sites is 2. The standard InChI is InChI=1S/C18H18N2O3S/c1-12(18(19)22)23-17(21)10-11-20-13-6-2-4-8-15(13)24-16-9-5-3-7-14(16)20/h2-9,12H,10-11H2,1H3,(H2,19,22)/t12-/m0/s1. The van der Waals surface area contributed by atoms with Crippen molar-refractivity contribution in [2.24, 2.45) is 5.73 Å². The highest BCUT2D eigenvalue weighted by molar-refractivity contribution is 7.99. The number of hydrogen-bond acceptors (Lipinski definition) is 5. The molecule has 0 radical (unpaired) electrons. The van der Waals surface area contributed by atoms with E-state index in [1.807, 2.05) is 36.4 Å². The molecule has 0 unspecified atom stereocenters. The molecule has 24 heavy (non-hydrogen) atoms. The molecule has 0 bridgehead atoms. The number of rotatable bonds is 5. The summed E-state index contributed by atoms with van der Waals surface area (Å²) in [5, 5.41) is 0. The Bertz CT molecular complexity index is 733. The maximum Gasteiger partial charge on any atom is 0.308 e. The first-order valence-electron chi connectivity index (χ1n) is 7.68. The summed E-state index contributed by atoms with van der Waals surface area (Å²) >= 11 is 1.72. The monoisotopic (exact) mass is 342 g/mol. The second kappa shape index (κ2) is 6.97. The zero-order chi connectivity index (χ0) is 17.1. The highest BCUT2D eigenvalue weighted by Gasteiger charge is 2.24. The lowest BCUT2D eigenvalue weighted by Gasteiger charge is -2.32. The van der Waals surface area contributed by atoms with Gasteiger partial charge >= 0.3 is 5.97 Å². The van der Waals surface area contributed by atoms with E-state index in [0.29, 0.717) is 6.54 Å². The second-order valence-electron chi connectivity index (χ2n) is 5.47. The summed E-state index contributed by atoms with van der Waals surface area (Å²) in [4.78, 5) is 27.4. The number of esters is 1. The summed E-state index contributed by atoms with van der Waals surface area (Å²) in [5.41, 5.74) is 7.25. The van der Waals surface area contributed by atoms with E-state index < -0.39 is 18.0 Å². The predicted molar refractivity (Wildman–Crippen MR) is 93.4 cm³/mol. The van der Waals surface area contributed by atoms with Crippen LogP contribution in [0.2, 0.25) is 0 Å². The smallest absolute Gasteiger partial charge is 0.308 e. The summed E-state index contributed by atoms with van der Waals surface area (Å²) in [7, 11) is 0. The Morgan fingerprint density at radius 2 is 1.62 bits per heavy atom. The van der Waals surface area contributed by atoms with E-state index in [1.54, 1.807) is 11.8 Å². The average Bonchev–Trinajstić information content (AvgIpc) is 2.58. The second-order valence-corrected chi connectivity index (χ2v) is 6.56. The van der Waals surface area contributed by atoms with Gasteiger partial charge in [-0.3, -0.25) is 9.59 Å². The van der Waals surface area contributed by atoms with Crippen molar-refractivity contribution in [2.75, 3.05) is 11.4 Å². The first-order valence-corrected chi connectivity index (χ1v) is 8.50. The van der Waals surface area contributed by atoms with Crippen molar-refractivity contribution in [3.63, 3.8) is 0 Å². The maximum absolute atomic E-state index is 12.0. The molecular weight excluding hydrogens is 324 g/mol. The van der Waals surface area contributed by atoms with Crippen LogP contribution in [0.4, 0.5) is 11.4 Å². The molecule has 3 rings (SSSR count). The van der Waals surface area contributed by atoms with Gasteiger partial charge in [0, 0.05) is 16.3 Å². The molecule has 0 saturated heterocycles. The van der Waals surface area contributed by atoms with Crippen molar-refractivity contribution in [1.29, 1.82) is 0 Å². The fourth-order valence-electron chi connectivity index (χ4n) is 2.54. The molecule has 1 aliphatic heterocycles. The molecule has 124 valence electrons. The highest BCUT2D eigenvalue weighted by atomic mass is 32.2. The van der Waals surface area contributed by atoms with Crippen LogP contribution in [0.25, 0.3) is 0 Å². The van der Waals surface area contributed by atoms with Gasteiger partial charge in [0.1, 0.15) is 0 Å². The number of benzene rings is 2. The molecule has 2 aromatic rings. The van der Waals surface area contributed by atoms with Crippen molar-refractivity contribution in [3.05, 3.63) is 48.5 Å². The molecule has 0 aromatic heterocycles. The molecule has 1 atom stereocenters. The van der Waals surface area contributed by atoms with Crippen molar-refractivity contribution < 1.29 is 14.3 Å². The number of ether oxygens (including phenoxy) is 1. The van der Waals surface area contributed by atoms with Crippen LogP contribution >= 0.6 is 11.8 Å². The number of carbonyl (C=O) groups is 2. The Morgan fingerprint density at radius 3 is 2.17 bits per heavy atom. The summed E-state index contributed by atoms with van der Waals surface area (Å²) in [5.74, 6) is -1.08. The van der Waals surface area contributed by atoms with Crippen LogP contribution < -0.4 is 10.6 Å². The van der Waals surface area contributed by atoms with E-state index in [1.165, 1.54) is 6.92 Å². The third-order valence-corrected chi connectivity index (χ3v) is 4.91. The fraction of sp³-hybridized carbons (Fsp3) is 0.222. The van der Waals surface area contributed by atoms with E-state index in [4.69, 9.17) is 10.5 Å². The maximum atomic E-state index is 12.0. The molecule has 5 nitrogen and oxygen atoms in total. The largest absolute Gasteiger partial charge is 0.453 e. The zero-order valence-electron chi connectivity index (χ0n) is 13.3. The van der Waals surface area contributed by atoms with Crippen LogP contribution in [0.1, 0.15) is 13.3 Å². The zero-order valence-corrected chi connectivity index (χ0v) is 14.1. The lowest BCUT2D eigenvalue weighted by atomic mass is 10.2. The molecule has 0 aliphatic carbocycles. The lowest BCUT2D eigenvalue weighted by molar-refractivity contribution is -0.153. The van der Waals surface area contributed by atoms with Gasteiger partial charge in [0.25, 0.3) is 5.91 Å². The van der Waals surface area contributed by atoms with Crippen LogP contribution in [-0.2, 0) is 14.3 Å². The topological polar surface area (TPSA) is 72.6 Å². The molecule has 1 aliphatic rings. The van der Waals surface area contributed by atoms with Gasteiger partial charge in [-0.2, -0.15) is 0 Å². The van der Waals surface area contributed by atoms with Crippen molar-refractivity contribution >= 4 is 35.0 Å². The number of carbonyl (C=O) groups excluding carboxylic acids is 2. The number of amides is 1. The van der Waals surface area contributed by atoms with E-state index in [0.717, 1.165) is 21.2 Å². The Labute approximate surface area is 144 Å². The predicted octanol–water partition coefficient (Wildman–Crippen LogP) is 3.10. The lowest BCUT2D eigenvalue weighted by Crippen LogP contribution is -2.32. The minimum atomic E-state index is -0.908. The third kappa shape index (κ3) is 3.38. The quantitative estimate of drug-likeness (QED) is 0.845. The molecule has 1 heterocycles. The molecule has 0 saturated carbocycles. The number of hydrogen-bond donors (Lipinski definition) is 1. The van der Waals surface area contributed by atoms with Gasteiger partial charge in [-0.25, -0.2) is 0 Å². The summed E-state index contributed by atoms with van der Waals surface area (Å²) in [6.45, 7) is 1.95. The van der Waals surface area contributed by atoms with Gasteiger partial charge in [-0.1, -0.05) is 36.0 Å². The number of anilines is 2. The molecule has 6 heteroatoms. The Hall–Kier alpha value is -2.47. The van der Waals surface area contributed by atoms with Crippen molar-refractivity contribution in [1.82, 2.24) is 0 Å². The van der Waals surface area contributed by atoms with Crippen molar-refractivity contribution in [3.8, 4) is 0 Å². The molecule has 2 N–H and O–H groups in total. The number of primary amides is 1. The third-order valence-electron chi connectivity index (χ3n) is 3.78. The average molecular weight is 342 g/mol. The summed E-state index contributed by atoms with van der Waals surface area (Å²) in [6.07, 6.45) is -0.737. The molecule has 1 amide bonds. The Kier molecular flexibility index (Phi) is 4.76. The number of nitrogens with two attached hydrogens (primary N) is 1. The van der Waals surface area contributed by atoms with Crippen LogP contribution in [0.3, 0.4) is 0 Å². The molecular formula is C18H18N2O3S. The normalized spacial score (nSPS) is 13.6. The van der Waals surface area contributed by atoms with Crippen LogP contribution in [0.15, 0.2) is 58.3 Å². The molecule has 2 aromatic carbocycles. The van der Waals surface area contributed by atoms with Gasteiger partial charge in [-0.05, 0) is 31.2 Å². The van der Waals surface area contributed by atoms with Gasteiger partial charge in [0.05, 0.1) is 17.8 Å². The van der Waals surface area contributed by atoms with E-state index in [9.17, 15) is 9.59 Å². The number of fused-ring (bicyclic) bond motifs is 2. The highest BCUT2D eigenvalue weighted by Crippen LogP contribution is 2.47. The minimum Gasteiger partial charge on any atom is -0.453 e. The Balaban J connectivity index is 1.78. The van der Waals surface area contributed by atoms with Gasteiger partial charge < -0.3 is 15.4 Å². The first kappa shape index (κ1) is 16.4. The Morgan fingerprint density at radius 1 is 1.08 bits per heavy atom.